The van der Waals surface area contributed by atoms with Crippen molar-refractivity contribution in [2.24, 2.45) is 0 Å². The Morgan fingerprint density at radius 3 is 1.86 bits per heavy atom. The fourth-order valence-corrected chi connectivity index (χ4v) is 4.86. The molecule has 0 amide bonds. The van der Waals surface area contributed by atoms with Gasteiger partial charge in [0.05, 0.1) is 23.6 Å². The molecule has 6 heteroatoms. The quantitative estimate of drug-likeness (QED) is 0.250. The zero-order valence-electron chi connectivity index (χ0n) is 22.8. The van der Waals surface area contributed by atoms with Crippen LogP contribution in [0.25, 0.3) is 11.0 Å². The van der Waals surface area contributed by atoms with Crippen LogP contribution in [-0.4, -0.2) is 20.0 Å². The Morgan fingerprint density at radius 1 is 0.865 bits per heavy atom. The van der Waals surface area contributed by atoms with E-state index in [2.05, 4.69) is 19.1 Å². The van der Waals surface area contributed by atoms with Gasteiger partial charge >= 0.3 is 0 Å². The minimum atomic E-state index is -0.324. The molecule has 2 N–H and O–H groups in total. The van der Waals surface area contributed by atoms with Crippen LogP contribution in [0.15, 0.2) is 66.7 Å². The van der Waals surface area contributed by atoms with E-state index in [1.165, 1.54) is 0 Å². The van der Waals surface area contributed by atoms with Crippen molar-refractivity contribution in [3.8, 4) is 5.75 Å². The van der Waals surface area contributed by atoms with Crippen molar-refractivity contribution in [2.45, 2.75) is 71.9 Å². The largest absolute Gasteiger partial charge is 0.507 e. The highest BCUT2D eigenvalue weighted by molar-refractivity contribution is 8.93. The van der Waals surface area contributed by atoms with E-state index >= 15 is 0 Å². The highest BCUT2D eigenvalue weighted by Crippen LogP contribution is 2.40. The number of phenols is 1. The number of Topliss-reactive ketones (excluding diaryl/α,β-unsaturated/α-hetero) is 1. The van der Waals surface area contributed by atoms with Gasteiger partial charge in [-0.1, -0.05) is 84.0 Å². The SMILES string of the molecule is Br.CC(c1ccccc1)n1c(=N)n(CC(=O)c2cc(C(C)(C)C)c(O)c(C(C)(C)C)c2)c2ccccc21. The Morgan fingerprint density at radius 2 is 1.35 bits per heavy atom. The van der Waals surface area contributed by atoms with Crippen molar-refractivity contribution >= 4 is 33.8 Å². The van der Waals surface area contributed by atoms with Crippen LogP contribution in [0.4, 0.5) is 0 Å². The maximum absolute atomic E-state index is 13.7. The van der Waals surface area contributed by atoms with Crippen LogP contribution >= 0.6 is 17.0 Å². The zero-order valence-corrected chi connectivity index (χ0v) is 24.5. The number of imidazole rings is 1. The molecule has 0 saturated carbocycles. The van der Waals surface area contributed by atoms with Gasteiger partial charge in [0.15, 0.2) is 5.78 Å². The van der Waals surface area contributed by atoms with Crippen molar-refractivity contribution < 1.29 is 9.90 Å². The Bertz CT molecular complexity index is 1450. The van der Waals surface area contributed by atoms with Crippen LogP contribution in [0, 0.1) is 5.41 Å². The summed E-state index contributed by atoms with van der Waals surface area (Å²) in [5, 5.41) is 20.1. The molecule has 0 spiro atoms. The molecule has 37 heavy (non-hydrogen) atoms. The lowest BCUT2D eigenvalue weighted by atomic mass is 9.78. The zero-order chi connectivity index (χ0) is 26.4. The molecule has 0 fully saturated rings. The second kappa shape index (κ2) is 10.3. The van der Waals surface area contributed by atoms with Gasteiger partial charge in [0.2, 0.25) is 5.62 Å². The number of phenolic OH excluding ortho intramolecular Hbond substituents is 1. The first kappa shape index (κ1) is 28.5. The molecule has 1 aromatic heterocycles. The van der Waals surface area contributed by atoms with Gasteiger partial charge in [0.25, 0.3) is 0 Å². The number of ketones is 1. The number of hydrogen-bond acceptors (Lipinski definition) is 3. The Labute approximate surface area is 230 Å². The fourth-order valence-electron chi connectivity index (χ4n) is 4.86. The van der Waals surface area contributed by atoms with E-state index < -0.39 is 0 Å². The predicted octanol–water partition coefficient (Wildman–Crippen LogP) is 7.29. The number of carbonyl (C=O) groups excluding carboxylic acids is 1. The Hall–Kier alpha value is -3.12. The lowest BCUT2D eigenvalue weighted by molar-refractivity contribution is 0.0971. The molecular weight excluding hydrogens is 526 g/mol. The minimum absolute atomic E-state index is 0. The molecule has 0 aliphatic rings. The smallest absolute Gasteiger partial charge is 0.204 e. The summed E-state index contributed by atoms with van der Waals surface area (Å²) in [6.07, 6.45) is 0. The molecule has 4 rings (SSSR count). The summed E-state index contributed by atoms with van der Waals surface area (Å²) < 4.78 is 3.77. The first-order chi connectivity index (χ1) is 16.8. The number of benzene rings is 3. The molecule has 0 radical (unpaired) electrons. The molecule has 1 heterocycles. The third-order valence-electron chi connectivity index (χ3n) is 6.93. The van der Waals surface area contributed by atoms with E-state index in [0.29, 0.717) is 5.56 Å². The van der Waals surface area contributed by atoms with Crippen LogP contribution in [0.3, 0.4) is 0 Å². The van der Waals surface area contributed by atoms with Crippen molar-refractivity contribution in [1.29, 1.82) is 5.41 Å². The third-order valence-corrected chi connectivity index (χ3v) is 6.93. The van der Waals surface area contributed by atoms with Crippen LogP contribution in [0.1, 0.15) is 81.6 Å². The van der Waals surface area contributed by atoms with E-state index in [1.54, 1.807) is 4.57 Å². The first-order valence-corrected chi connectivity index (χ1v) is 12.5. The number of aromatic hydroxyl groups is 1. The topological polar surface area (TPSA) is 71.0 Å². The van der Waals surface area contributed by atoms with E-state index in [-0.39, 0.29) is 57.5 Å². The fraction of sp³-hybridized carbons (Fsp3) is 0.355. The molecule has 5 nitrogen and oxygen atoms in total. The van der Waals surface area contributed by atoms with Gasteiger partial charge in [-0.2, -0.15) is 0 Å². The lowest BCUT2D eigenvalue weighted by Gasteiger charge is -2.28. The van der Waals surface area contributed by atoms with E-state index in [0.717, 1.165) is 27.7 Å². The molecule has 1 atom stereocenters. The van der Waals surface area contributed by atoms with E-state index in [4.69, 9.17) is 5.41 Å². The molecule has 0 aliphatic heterocycles. The first-order valence-electron chi connectivity index (χ1n) is 12.5. The Kier molecular flexibility index (Phi) is 7.94. The number of aromatic nitrogens is 2. The highest BCUT2D eigenvalue weighted by atomic mass is 79.9. The summed E-state index contributed by atoms with van der Waals surface area (Å²) in [4.78, 5) is 13.7. The second-order valence-corrected chi connectivity index (χ2v) is 11.7. The summed E-state index contributed by atoms with van der Waals surface area (Å²) >= 11 is 0. The van der Waals surface area contributed by atoms with Crippen LogP contribution in [-0.2, 0) is 17.4 Å². The number of hydrogen-bond donors (Lipinski definition) is 2. The van der Waals surface area contributed by atoms with Crippen LogP contribution in [0.5, 0.6) is 5.75 Å². The molecular formula is C31H38BrN3O2. The number of nitrogens with one attached hydrogen (secondary N) is 1. The summed E-state index contributed by atoms with van der Waals surface area (Å²) in [7, 11) is 0. The monoisotopic (exact) mass is 563 g/mol. The van der Waals surface area contributed by atoms with Crippen molar-refractivity contribution in [3.63, 3.8) is 0 Å². The van der Waals surface area contributed by atoms with Gasteiger partial charge in [-0.05, 0) is 47.6 Å². The number of halogens is 1. The average Bonchev–Trinajstić information content (AvgIpc) is 3.09. The number of rotatable bonds is 5. The van der Waals surface area contributed by atoms with Crippen LogP contribution < -0.4 is 5.62 Å². The van der Waals surface area contributed by atoms with Gasteiger partial charge < -0.3 is 14.2 Å². The normalized spacial score (nSPS) is 12.8. The van der Waals surface area contributed by atoms with E-state index in [9.17, 15) is 9.90 Å². The van der Waals surface area contributed by atoms with Gasteiger partial charge in [-0.15, -0.1) is 17.0 Å². The van der Waals surface area contributed by atoms with Gasteiger partial charge in [0.1, 0.15) is 5.75 Å². The second-order valence-electron chi connectivity index (χ2n) is 11.7. The standard InChI is InChI=1S/C31H37N3O2.BrH/c1-20(21-13-9-8-10-14-21)34-26-16-12-11-15-25(26)33(29(34)32)19-27(35)22-17-23(30(2,3)4)28(36)24(18-22)31(5,6)7;/h8-18,20,32,36H,19H2,1-7H3;1H. The average molecular weight is 565 g/mol. The number of fused-ring (bicyclic) bond motifs is 1. The van der Waals surface area contributed by atoms with Crippen molar-refractivity contribution in [3.05, 3.63) is 94.6 Å². The predicted molar refractivity (Wildman–Crippen MR) is 156 cm³/mol. The summed E-state index contributed by atoms with van der Waals surface area (Å²) in [6, 6.07) is 21.6. The maximum atomic E-state index is 13.7. The number of nitrogens with zero attached hydrogens (tertiary/aromatic N) is 2. The number of para-hydroxylation sites is 2. The summed E-state index contributed by atoms with van der Waals surface area (Å²) in [6.45, 7) is 14.4. The molecule has 0 aliphatic carbocycles. The number of carbonyl (C=O) groups is 1. The molecule has 0 bridgehead atoms. The third kappa shape index (κ3) is 5.45. The summed E-state index contributed by atoms with van der Waals surface area (Å²) in [5.74, 6) is 0.174. The van der Waals surface area contributed by atoms with Gasteiger partial charge in [0, 0.05) is 16.7 Å². The molecule has 1 unspecified atom stereocenters. The molecule has 3 aromatic carbocycles. The van der Waals surface area contributed by atoms with E-state index in [1.807, 2.05) is 101 Å². The van der Waals surface area contributed by atoms with Gasteiger partial charge in [-0.3, -0.25) is 10.2 Å². The molecule has 4 aromatic rings. The molecule has 0 saturated heterocycles. The molecule has 196 valence electrons. The minimum Gasteiger partial charge on any atom is -0.507 e. The Balaban J connectivity index is 0.00000380. The van der Waals surface area contributed by atoms with Crippen molar-refractivity contribution in [2.75, 3.05) is 0 Å². The highest BCUT2D eigenvalue weighted by Gasteiger charge is 2.28. The van der Waals surface area contributed by atoms with Crippen molar-refractivity contribution in [1.82, 2.24) is 9.13 Å². The maximum Gasteiger partial charge on any atom is 0.204 e. The van der Waals surface area contributed by atoms with Crippen LogP contribution in [0.2, 0.25) is 0 Å². The summed E-state index contributed by atoms with van der Waals surface area (Å²) in [5.41, 5.74) is 4.59. The van der Waals surface area contributed by atoms with Gasteiger partial charge in [-0.25, -0.2) is 0 Å². The lowest BCUT2D eigenvalue weighted by Crippen LogP contribution is -2.29.